The van der Waals surface area contributed by atoms with Gasteiger partial charge in [-0.25, -0.2) is 19.1 Å². The van der Waals surface area contributed by atoms with Crippen molar-refractivity contribution in [3.63, 3.8) is 0 Å². The molecule has 0 spiro atoms. The van der Waals surface area contributed by atoms with E-state index in [2.05, 4.69) is 23.5 Å². The van der Waals surface area contributed by atoms with E-state index >= 15 is 0 Å². The maximum absolute atomic E-state index is 9.82. The van der Waals surface area contributed by atoms with Crippen molar-refractivity contribution in [2.75, 3.05) is 6.54 Å². The summed E-state index contributed by atoms with van der Waals surface area (Å²) in [4.78, 5) is 8.95. The Morgan fingerprint density at radius 2 is 1.54 bits per heavy atom. The SMILES string of the molecule is C=C([CH2-])CCC(CN=Cc1ccccc1O)N=Cc1ccccc1O.[Co]. The van der Waals surface area contributed by atoms with E-state index in [1.165, 1.54) is 0 Å². The molecule has 0 heterocycles. The third-order valence-electron chi connectivity index (χ3n) is 3.68. The third-order valence-corrected chi connectivity index (χ3v) is 3.68. The van der Waals surface area contributed by atoms with Crippen LogP contribution in [0.15, 0.2) is 70.7 Å². The van der Waals surface area contributed by atoms with E-state index in [0.717, 1.165) is 18.4 Å². The van der Waals surface area contributed by atoms with Crippen molar-refractivity contribution in [2.24, 2.45) is 9.98 Å². The minimum absolute atomic E-state index is 0. The van der Waals surface area contributed by atoms with Crippen molar-refractivity contribution in [2.45, 2.75) is 18.9 Å². The molecule has 26 heavy (non-hydrogen) atoms. The third kappa shape index (κ3) is 7.17. The van der Waals surface area contributed by atoms with Crippen LogP contribution < -0.4 is 0 Å². The number of phenolic OH excluding ortho intramolecular Hbond substituents is 2. The summed E-state index contributed by atoms with van der Waals surface area (Å²) in [5, 5.41) is 19.6. The van der Waals surface area contributed by atoms with Gasteiger partial charge >= 0.3 is 0 Å². The van der Waals surface area contributed by atoms with Crippen LogP contribution in [-0.2, 0) is 16.8 Å². The molecule has 139 valence electrons. The first-order valence-corrected chi connectivity index (χ1v) is 8.15. The summed E-state index contributed by atoms with van der Waals surface area (Å²) in [7, 11) is 0. The molecule has 0 aliphatic heterocycles. The van der Waals surface area contributed by atoms with Crippen molar-refractivity contribution in [3.8, 4) is 11.5 Å². The number of aromatic hydroxyl groups is 2. The Morgan fingerprint density at radius 1 is 1.00 bits per heavy atom. The number of nitrogens with zero attached hydrogens (tertiary/aromatic N) is 2. The first-order chi connectivity index (χ1) is 12.1. The van der Waals surface area contributed by atoms with Gasteiger partial charge in [-0.05, 0) is 30.7 Å². The van der Waals surface area contributed by atoms with Gasteiger partial charge in [-0.2, -0.15) is 0 Å². The van der Waals surface area contributed by atoms with Crippen molar-refractivity contribution >= 4 is 12.4 Å². The van der Waals surface area contributed by atoms with Crippen LogP contribution in [0.1, 0.15) is 24.0 Å². The zero-order chi connectivity index (χ0) is 18.1. The van der Waals surface area contributed by atoms with E-state index in [-0.39, 0.29) is 34.3 Å². The standard InChI is InChI=1S/C21H23N2O2.Co/c1-16(2)11-12-19(23-14-18-8-4-6-10-21(18)25)15-22-13-17-7-3-5-9-20(17)24;/h3-10,13-14,19,24-25H,1-2,11-12,15H2;/q-1;. The quantitative estimate of drug-likeness (QED) is 0.521. The average molecular weight is 394 g/mol. The molecule has 0 aliphatic rings. The van der Waals surface area contributed by atoms with Gasteiger partial charge in [0.25, 0.3) is 0 Å². The van der Waals surface area contributed by atoms with Gasteiger partial charge < -0.3 is 10.2 Å². The Labute approximate surface area is 165 Å². The fraction of sp³-hybridized carbons (Fsp3) is 0.190. The number of phenols is 2. The molecule has 0 saturated heterocycles. The largest absolute Gasteiger partial charge is 0.507 e. The second-order valence-electron chi connectivity index (χ2n) is 5.83. The van der Waals surface area contributed by atoms with Crippen LogP contribution in [0.4, 0.5) is 0 Å². The number of hydrogen-bond acceptors (Lipinski definition) is 4. The Morgan fingerprint density at radius 3 is 2.08 bits per heavy atom. The Bertz CT molecular complexity index is 772. The summed E-state index contributed by atoms with van der Waals surface area (Å²) in [5.74, 6) is 0.399. The van der Waals surface area contributed by atoms with Gasteiger partial charge in [0, 0.05) is 40.3 Å². The van der Waals surface area contributed by atoms with Crippen molar-refractivity contribution < 1.29 is 27.0 Å². The molecule has 2 rings (SSSR count). The minimum atomic E-state index is -0.0554. The Hall–Kier alpha value is -2.50. The molecule has 4 nitrogen and oxygen atoms in total. The molecule has 0 amide bonds. The fourth-order valence-corrected chi connectivity index (χ4v) is 2.24. The normalized spacial score (nSPS) is 12.2. The summed E-state index contributed by atoms with van der Waals surface area (Å²) in [6.45, 7) is 8.13. The summed E-state index contributed by atoms with van der Waals surface area (Å²) in [6, 6.07) is 14.1. The van der Waals surface area contributed by atoms with Crippen LogP contribution in [0.3, 0.4) is 0 Å². The molecule has 0 aromatic heterocycles. The number of hydrogen-bond donors (Lipinski definition) is 2. The topological polar surface area (TPSA) is 65.2 Å². The van der Waals surface area contributed by atoms with E-state index < -0.39 is 0 Å². The average Bonchev–Trinajstić information content (AvgIpc) is 2.59. The van der Waals surface area contributed by atoms with Crippen molar-refractivity contribution in [1.29, 1.82) is 0 Å². The molecule has 0 bridgehead atoms. The zero-order valence-corrected chi connectivity index (χ0v) is 15.5. The molecule has 2 N–H and O–H groups in total. The van der Waals surface area contributed by atoms with E-state index in [1.807, 2.05) is 18.2 Å². The predicted molar refractivity (Wildman–Crippen MR) is 104 cm³/mol. The van der Waals surface area contributed by atoms with Crippen LogP contribution in [-0.4, -0.2) is 35.2 Å². The molecule has 0 aliphatic carbocycles. The first kappa shape index (κ1) is 21.5. The van der Waals surface area contributed by atoms with Crippen LogP contribution in [0.5, 0.6) is 11.5 Å². The second-order valence-corrected chi connectivity index (χ2v) is 5.83. The monoisotopic (exact) mass is 394 g/mol. The maximum atomic E-state index is 9.82. The van der Waals surface area contributed by atoms with Gasteiger partial charge in [0.2, 0.25) is 0 Å². The van der Waals surface area contributed by atoms with Crippen molar-refractivity contribution in [3.05, 3.63) is 78.7 Å². The molecule has 0 fully saturated rings. The molecule has 1 unspecified atom stereocenters. The summed E-state index contributed by atoms with van der Waals surface area (Å²) in [6.07, 6.45) is 4.84. The van der Waals surface area contributed by atoms with Gasteiger partial charge in [0.1, 0.15) is 11.5 Å². The van der Waals surface area contributed by atoms with E-state index in [9.17, 15) is 10.2 Å². The van der Waals surface area contributed by atoms with Gasteiger partial charge in [0.05, 0.1) is 12.6 Å². The summed E-state index contributed by atoms with van der Waals surface area (Å²) >= 11 is 0. The zero-order valence-electron chi connectivity index (χ0n) is 14.5. The molecular weight excluding hydrogens is 371 g/mol. The molecule has 2 aromatic rings. The van der Waals surface area contributed by atoms with Gasteiger partial charge in [-0.1, -0.05) is 30.7 Å². The van der Waals surface area contributed by atoms with Crippen molar-refractivity contribution in [1.82, 2.24) is 0 Å². The van der Waals surface area contributed by atoms with Crippen LogP contribution in [0.2, 0.25) is 0 Å². The number of aliphatic imine (C=N–C) groups is 2. The van der Waals surface area contributed by atoms with Gasteiger partial charge in [-0.3, -0.25) is 9.98 Å². The van der Waals surface area contributed by atoms with E-state index in [1.54, 1.807) is 42.8 Å². The summed E-state index contributed by atoms with van der Waals surface area (Å²) in [5.41, 5.74) is 2.20. The molecule has 0 saturated carbocycles. The van der Waals surface area contributed by atoms with Crippen LogP contribution >= 0.6 is 0 Å². The first-order valence-electron chi connectivity index (χ1n) is 8.15. The van der Waals surface area contributed by atoms with E-state index in [0.29, 0.717) is 17.7 Å². The molecule has 2 aromatic carbocycles. The van der Waals surface area contributed by atoms with Crippen LogP contribution in [0, 0.1) is 6.92 Å². The minimum Gasteiger partial charge on any atom is -0.507 e. The smallest absolute Gasteiger partial charge is 0.124 e. The molecule has 5 heteroatoms. The molecule has 1 atom stereocenters. The van der Waals surface area contributed by atoms with Gasteiger partial charge in [-0.15, -0.1) is 0 Å². The van der Waals surface area contributed by atoms with Crippen LogP contribution in [0.25, 0.3) is 0 Å². The molecule has 1 radical (unpaired) electrons. The molecular formula is C21H23CoN2O2-. The second kappa shape index (κ2) is 11.2. The predicted octanol–water partition coefficient (Wildman–Crippen LogP) is 4.17. The van der Waals surface area contributed by atoms with Gasteiger partial charge in [0.15, 0.2) is 0 Å². The fourth-order valence-electron chi connectivity index (χ4n) is 2.24. The Kier molecular flexibility index (Phi) is 9.26. The number of allylic oxidation sites excluding steroid dienone is 1. The number of rotatable bonds is 8. The van der Waals surface area contributed by atoms with E-state index in [4.69, 9.17) is 0 Å². The summed E-state index contributed by atoms with van der Waals surface area (Å²) < 4.78 is 0. The number of benzene rings is 2. The number of para-hydroxylation sites is 2. The Balaban J connectivity index is 0.00000338. The maximum Gasteiger partial charge on any atom is 0.124 e.